The second-order valence-corrected chi connectivity index (χ2v) is 6.36. The van der Waals surface area contributed by atoms with Gasteiger partial charge in [-0.05, 0) is 44.4 Å². The number of carbonyl (C=O) groups is 1. The van der Waals surface area contributed by atoms with Crippen LogP contribution in [0, 0.1) is 0 Å². The first-order valence-electron chi connectivity index (χ1n) is 8.63. The van der Waals surface area contributed by atoms with E-state index < -0.39 is 5.76 Å². The van der Waals surface area contributed by atoms with Crippen molar-refractivity contribution in [2.75, 3.05) is 20.8 Å². The number of hydrogen-bond donors (Lipinski definition) is 0. The van der Waals surface area contributed by atoms with Gasteiger partial charge in [0.2, 0.25) is 5.91 Å². The fraction of sp³-hybridized carbons (Fsp3) is 0.500. The molecule has 8 nitrogen and oxygen atoms in total. The number of ether oxygens (including phenoxy) is 2. The average molecular weight is 361 g/mol. The van der Waals surface area contributed by atoms with Crippen molar-refractivity contribution >= 4 is 5.91 Å². The van der Waals surface area contributed by atoms with Crippen LogP contribution in [-0.4, -0.2) is 47.3 Å². The molecule has 8 heteroatoms. The van der Waals surface area contributed by atoms with Crippen molar-refractivity contribution < 1.29 is 18.8 Å². The van der Waals surface area contributed by atoms with Crippen LogP contribution in [0.3, 0.4) is 0 Å². The van der Waals surface area contributed by atoms with Crippen LogP contribution in [-0.2, 0) is 11.3 Å². The molecule has 3 rings (SSSR count). The Morgan fingerprint density at radius 3 is 2.73 bits per heavy atom. The SMILES string of the molecule is COc1ccc(-c2noc(=O)n2CC(=O)N2CCCCC2C)cc1OC. The summed E-state index contributed by atoms with van der Waals surface area (Å²) in [5.41, 5.74) is 0.605. The van der Waals surface area contributed by atoms with Crippen LogP contribution in [0.5, 0.6) is 11.5 Å². The van der Waals surface area contributed by atoms with Crippen LogP contribution < -0.4 is 15.2 Å². The molecule has 2 aromatic rings. The number of hydrogen-bond acceptors (Lipinski definition) is 6. The Hall–Kier alpha value is -2.77. The third-order valence-corrected chi connectivity index (χ3v) is 4.74. The molecule has 0 saturated carbocycles. The summed E-state index contributed by atoms with van der Waals surface area (Å²) in [6, 6.07) is 5.33. The lowest BCUT2D eigenvalue weighted by Gasteiger charge is -2.33. The molecule has 0 N–H and O–H groups in total. The zero-order valence-electron chi connectivity index (χ0n) is 15.2. The molecule has 140 valence electrons. The van der Waals surface area contributed by atoms with Gasteiger partial charge in [-0.1, -0.05) is 5.16 Å². The van der Waals surface area contributed by atoms with Crippen molar-refractivity contribution in [2.45, 2.75) is 38.8 Å². The second kappa shape index (κ2) is 7.63. The summed E-state index contributed by atoms with van der Waals surface area (Å²) in [7, 11) is 3.07. The highest BCUT2D eigenvalue weighted by molar-refractivity contribution is 5.77. The fourth-order valence-corrected chi connectivity index (χ4v) is 3.29. The molecular weight excluding hydrogens is 338 g/mol. The van der Waals surface area contributed by atoms with E-state index in [1.165, 1.54) is 11.7 Å². The number of amides is 1. The molecule has 2 heterocycles. The smallest absolute Gasteiger partial charge is 0.442 e. The van der Waals surface area contributed by atoms with Crippen LogP contribution >= 0.6 is 0 Å². The van der Waals surface area contributed by atoms with E-state index in [-0.39, 0.29) is 24.3 Å². The number of carbonyl (C=O) groups excluding carboxylic acids is 1. The average Bonchev–Trinajstić information content (AvgIpc) is 3.02. The topological polar surface area (TPSA) is 86.8 Å². The van der Waals surface area contributed by atoms with E-state index in [0.29, 0.717) is 23.6 Å². The van der Waals surface area contributed by atoms with Gasteiger partial charge < -0.3 is 14.4 Å². The van der Waals surface area contributed by atoms with Crippen LogP contribution in [0.2, 0.25) is 0 Å². The van der Waals surface area contributed by atoms with E-state index in [1.54, 1.807) is 25.3 Å². The highest BCUT2D eigenvalue weighted by Gasteiger charge is 2.25. The van der Waals surface area contributed by atoms with E-state index in [1.807, 2.05) is 11.8 Å². The molecule has 1 fully saturated rings. The van der Waals surface area contributed by atoms with Gasteiger partial charge in [0, 0.05) is 18.2 Å². The minimum Gasteiger partial charge on any atom is -0.493 e. The maximum atomic E-state index is 12.7. The lowest BCUT2D eigenvalue weighted by atomic mass is 10.0. The molecule has 1 aliphatic rings. The molecule has 0 aliphatic carbocycles. The number of rotatable bonds is 5. The van der Waals surface area contributed by atoms with E-state index in [4.69, 9.17) is 14.0 Å². The van der Waals surface area contributed by atoms with Crippen LogP contribution in [0.4, 0.5) is 0 Å². The standard InChI is InChI=1S/C18H23N3O5/c1-12-6-4-5-9-20(12)16(22)11-21-17(19-26-18(21)23)13-7-8-14(24-2)15(10-13)25-3/h7-8,10,12H,4-6,9,11H2,1-3H3. The molecule has 1 saturated heterocycles. The van der Waals surface area contributed by atoms with Gasteiger partial charge in [0.15, 0.2) is 17.3 Å². The predicted molar refractivity (Wildman–Crippen MR) is 94.3 cm³/mol. The molecule has 0 radical (unpaired) electrons. The Labute approximate surface area is 151 Å². The molecule has 1 aromatic heterocycles. The predicted octanol–water partition coefficient (Wildman–Crippen LogP) is 1.92. The van der Waals surface area contributed by atoms with Crippen LogP contribution in [0.25, 0.3) is 11.4 Å². The maximum absolute atomic E-state index is 12.7. The van der Waals surface area contributed by atoms with Crippen molar-refractivity contribution in [3.05, 3.63) is 28.7 Å². The van der Waals surface area contributed by atoms with Crippen molar-refractivity contribution in [1.29, 1.82) is 0 Å². The molecule has 1 amide bonds. The number of nitrogens with zero attached hydrogens (tertiary/aromatic N) is 3. The first kappa shape index (κ1) is 18.0. The molecule has 0 spiro atoms. The number of methoxy groups -OCH3 is 2. The number of aromatic nitrogens is 2. The normalized spacial score (nSPS) is 17.2. The Balaban J connectivity index is 1.90. The monoisotopic (exact) mass is 361 g/mol. The van der Waals surface area contributed by atoms with Gasteiger partial charge in [-0.15, -0.1) is 0 Å². The highest BCUT2D eigenvalue weighted by Crippen LogP contribution is 2.31. The van der Waals surface area contributed by atoms with Crippen molar-refractivity contribution in [2.24, 2.45) is 0 Å². The molecular formula is C18H23N3O5. The zero-order chi connectivity index (χ0) is 18.7. The summed E-state index contributed by atoms with van der Waals surface area (Å²) in [5, 5.41) is 3.84. The Kier molecular flexibility index (Phi) is 5.29. The minimum atomic E-state index is -0.659. The van der Waals surface area contributed by atoms with Crippen LogP contribution in [0.15, 0.2) is 27.5 Å². The third kappa shape index (κ3) is 3.44. The van der Waals surface area contributed by atoms with Crippen molar-refractivity contribution in [1.82, 2.24) is 14.6 Å². The van der Waals surface area contributed by atoms with Gasteiger partial charge >= 0.3 is 5.76 Å². The van der Waals surface area contributed by atoms with Crippen molar-refractivity contribution in [3.8, 4) is 22.9 Å². The maximum Gasteiger partial charge on any atom is 0.442 e. The molecule has 1 unspecified atom stereocenters. The van der Waals surface area contributed by atoms with E-state index >= 15 is 0 Å². The number of piperidine rings is 1. The molecule has 1 atom stereocenters. The Morgan fingerprint density at radius 1 is 1.27 bits per heavy atom. The van der Waals surface area contributed by atoms with Crippen molar-refractivity contribution in [3.63, 3.8) is 0 Å². The quantitative estimate of drug-likeness (QED) is 0.809. The third-order valence-electron chi connectivity index (χ3n) is 4.74. The molecule has 26 heavy (non-hydrogen) atoms. The Morgan fingerprint density at radius 2 is 2.04 bits per heavy atom. The lowest BCUT2D eigenvalue weighted by Crippen LogP contribution is -2.44. The number of benzene rings is 1. The van der Waals surface area contributed by atoms with Gasteiger partial charge in [-0.2, -0.15) is 0 Å². The summed E-state index contributed by atoms with van der Waals surface area (Å²) < 4.78 is 16.6. The van der Waals surface area contributed by atoms with Gasteiger partial charge in [0.1, 0.15) is 6.54 Å². The lowest BCUT2D eigenvalue weighted by molar-refractivity contribution is -0.135. The summed E-state index contributed by atoms with van der Waals surface area (Å²) in [6.07, 6.45) is 3.08. The van der Waals surface area contributed by atoms with E-state index in [0.717, 1.165) is 19.3 Å². The first-order chi connectivity index (χ1) is 12.5. The fourth-order valence-electron chi connectivity index (χ4n) is 3.29. The Bertz CT molecular complexity index is 842. The summed E-state index contributed by atoms with van der Waals surface area (Å²) in [5.74, 6) is 0.584. The van der Waals surface area contributed by atoms with Gasteiger partial charge in [-0.25, -0.2) is 9.36 Å². The highest BCUT2D eigenvalue weighted by atomic mass is 16.5. The number of likely N-dealkylation sites (tertiary alicyclic amines) is 1. The van der Waals surface area contributed by atoms with Gasteiger partial charge in [-0.3, -0.25) is 9.32 Å². The molecule has 1 aromatic carbocycles. The minimum absolute atomic E-state index is 0.101. The van der Waals surface area contributed by atoms with Crippen LogP contribution in [0.1, 0.15) is 26.2 Å². The van der Waals surface area contributed by atoms with E-state index in [9.17, 15) is 9.59 Å². The summed E-state index contributed by atoms with van der Waals surface area (Å²) >= 11 is 0. The van der Waals surface area contributed by atoms with Gasteiger partial charge in [0.25, 0.3) is 0 Å². The summed E-state index contributed by atoms with van der Waals surface area (Å²) in [6.45, 7) is 2.64. The summed E-state index contributed by atoms with van der Waals surface area (Å²) in [4.78, 5) is 26.6. The van der Waals surface area contributed by atoms with Gasteiger partial charge in [0.05, 0.1) is 14.2 Å². The second-order valence-electron chi connectivity index (χ2n) is 6.36. The van der Waals surface area contributed by atoms with E-state index in [2.05, 4.69) is 5.16 Å². The zero-order valence-corrected chi connectivity index (χ0v) is 15.2. The molecule has 1 aliphatic heterocycles. The first-order valence-corrected chi connectivity index (χ1v) is 8.63. The largest absolute Gasteiger partial charge is 0.493 e. The molecule has 0 bridgehead atoms.